The lowest BCUT2D eigenvalue weighted by atomic mass is 10.0. The van der Waals surface area contributed by atoms with Crippen LogP contribution in [0.4, 0.5) is 0 Å². The molecule has 0 bridgehead atoms. The fourth-order valence-corrected chi connectivity index (χ4v) is 2.59. The normalized spacial score (nSPS) is 24.1. The van der Waals surface area contributed by atoms with E-state index in [1.807, 2.05) is 0 Å². The van der Waals surface area contributed by atoms with Crippen LogP contribution in [0.1, 0.15) is 25.7 Å². The predicted octanol–water partition coefficient (Wildman–Crippen LogP) is 0.410. The van der Waals surface area contributed by atoms with Crippen molar-refractivity contribution in [1.82, 2.24) is 9.62 Å². The molecular weight excluding hydrogens is 200 g/mol. The highest BCUT2D eigenvalue weighted by atomic mass is 32.2. The first-order valence-corrected chi connectivity index (χ1v) is 6.77. The molecule has 0 saturated carbocycles. The lowest BCUT2D eigenvalue weighted by molar-refractivity contribution is 0.390. The first kappa shape index (κ1) is 11.9. The molecule has 1 saturated heterocycles. The maximum atomic E-state index is 11.5. The highest BCUT2D eigenvalue weighted by Crippen LogP contribution is 2.11. The van der Waals surface area contributed by atoms with E-state index in [1.165, 1.54) is 17.1 Å². The summed E-state index contributed by atoms with van der Waals surface area (Å²) in [5, 5.41) is 3.35. The molecule has 1 fully saturated rings. The highest BCUT2D eigenvalue weighted by molar-refractivity contribution is 7.89. The van der Waals surface area contributed by atoms with Gasteiger partial charge in [-0.25, -0.2) is 12.7 Å². The Kier molecular flexibility index (Phi) is 4.34. The Morgan fingerprint density at radius 1 is 1.36 bits per heavy atom. The molecule has 5 heteroatoms. The number of hydrogen-bond donors (Lipinski definition) is 1. The molecule has 0 aliphatic carbocycles. The summed E-state index contributed by atoms with van der Waals surface area (Å²) in [6.07, 6.45) is 4.29. The maximum Gasteiger partial charge on any atom is 0.213 e. The largest absolute Gasteiger partial charge is 0.314 e. The number of sulfonamides is 1. The second-order valence-electron chi connectivity index (χ2n) is 4.03. The summed E-state index contributed by atoms with van der Waals surface area (Å²) in [5.74, 6) is 0.262. The van der Waals surface area contributed by atoms with Gasteiger partial charge in [0.1, 0.15) is 0 Å². The number of piperidine rings is 1. The molecule has 1 aliphatic rings. The standard InChI is InChI=1S/C9H20N2O2S/c1-11(2)14(12,13)8-6-9-5-3-4-7-10-9/h9-10H,3-8H2,1-2H3/t9-/m1/s1. The van der Waals surface area contributed by atoms with Gasteiger partial charge in [-0.2, -0.15) is 0 Å². The second-order valence-corrected chi connectivity index (χ2v) is 6.34. The number of hydrogen-bond acceptors (Lipinski definition) is 3. The molecule has 1 heterocycles. The molecule has 0 aromatic rings. The molecular formula is C9H20N2O2S. The molecule has 0 aromatic carbocycles. The minimum atomic E-state index is -3.00. The summed E-state index contributed by atoms with van der Waals surface area (Å²) in [6, 6.07) is 0.401. The third-order valence-electron chi connectivity index (χ3n) is 2.69. The van der Waals surface area contributed by atoms with Gasteiger partial charge in [0.15, 0.2) is 0 Å². The Hall–Kier alpha value is -0.130. The molecule has 1 aliphatic heterocycles. The lowest BCUT2D eigenvalue weighted by Crippen LogP contribution is -2.36. The van der Waals surface area contributed by atoms with Crippen molar-refractivity contribution in [2.75, 3.05) is 26.4 Å². The van der Waals surface area contributed by atoms with Crippen molar-refractivity contribution in [2.45, 2.75) is 31.7 Å². The van der Waals surface area contributed by atoms with Gasteiger partial charge < -0.3 is 5.32 Å². The van der Waals surface area contributed by atoms with Crippen molar-refractivity contribution >= 4 is 10.0 Å². The van der Waals surface area contributed by atoms with Gasteiger partial charge in [0.25, 0.3) is 0 Å². The Morgan fingerprint density at radius 2 is 2.07 bits per heavy atom. The van der Waals surface area contributed by atoms with Gasteiger partial charge in [-0.05, 0) is 25.8 Å². The van der Waals surface area contributed by atoms with Crippen molar-refractivity contribution in [3.63, 3.8) is 0 Å². The van der Waals surface area contributed by atoms with E-state index in [-0.39, 0.29) is 5.75 Å². The van der Waals surface area contributed by atoms with Crippen LogP contribution in [-0.4, -0.2) is 45.2 Å². The summed E-state index contributed by atoms with van der Waals surface area (Å²) >= 11 is 0. The second kappa shape index (κ2) is 5.09. The van der Waals surface area contributed by atoms with Crippen molar-refractivity contribution in [3.05, 3.63) is 0 Å². The molecule has 0 aromatic heterocycles. The fraction of sp³-hybridized carbons (Fsp3) is 1.00. The highest BCUT2D eigenvalue weighted by Gasteiger charge is 2.18. The molecule has 1 N–H and O–H groups in total. The average molecular weight is 220 g/mol. The summed E-state index contributed by atoms with van der Waals surface area (Å²) < 4.78 is 24.2. The zero-order valence-corrected chi connectivity index (χ0v) is 9.81. The van der Waals surface area contributed by atoms with E-state index in [0.29, 0.717) is 6.04 Å². The lowest BCUT2D eigenvalue weighted by Gasteiger charge is -2.23. The molecule has 0 amide bonds. The summed E-state index contributed by atoms with van der Waals surface area (Å²) in [5.41, 5.74) is 0. The molecule has 1 rings (SSSR count). The van der Waals surface area contributed by atoms with E-state index in [0.717, 1.165) is 19.4 Å². The molecule has 84 valence electrons. The fourth-order valence-electron chi connectivity index (χ4n) is 1.64. The van der Waals surface area contributed by atoms with E-state index in [4.69, 9.17) is 0 Å². The number of nitrogens with one attached hydrogen (secondary N) is 1. The van der Waals surface area contributed by atoms with E-state index >= 15 is 0 Å². The Balaban J connectivity index is 2.32. The Labute approximate surface area is 86.7 Å². The van der Waals surface area contributed by atoms with Crippen LogP contribution < -0.4 is 5.32 Å². The Bertz CT molecular complexity index is 256. The van der Waals surface area contributed by atoms with E-state index in [1.54, 1.807) is 14.1 Å². The van der Waals surface area contributed by atoms with Crippen LogP contribution in [0.25, 0.3) is 0 Å². The quantitative estimate of drug-likeness (QED) is 0.746. The van der Waals surface area contributed by atoms with Gasteiger partial charge in [-0.15, -0.1) is 0 Å². The topological polar surface area (TPSA) is 49.4 Å². The molecule has 0 unspecified atom stereocenters. The van der Waals surface area contributed by atoms with Crippen LogP contribution in [0.2, 0.25) is 0 Å². The summed E-state index contributed by atoms with van der Waals surface area (Å²) in [7, 11) is 0.170. The molecule has 0 radical (unpaired) electrons. The van der Waals surface area contributed by atoms with Crippen molar-refractivity contribution in [2.24, 2.45) is 0 Å². The Morgan fingerprint density at radius 3 is 2.57 bits per heavy atom. The SMILES string of the molecule is CN(C)S(=O)(=O)CC[C@H]1CCCCN1. The minimum absolute atomic E-state index is 0.262. The first-order valence-electron chi connectivity index (χ1n) is 5.16. The minimum Gasteiger partial charge on any atom is -0.314 e. The number of nitrogens with zero attached hydrogens (tertiary/aromatic N) is 1. The zero-order valence-electron chi connectivity index (χ0n) is 8.99. The zero-order chi connectivity index (χ0) is 10.6. The van der Waals surface area contributed by atoms with Crippen molar-refractivity contribution in [3.8, 4) is 0 Å². The van der Waals surface area contributed by atoms with Crippen molar-refractivity contribution in [1.29, 1.82) is 0 Å². The van der Waals surface area contributed by atoms with Gasteiger partial charge in [0.2, 0.25) is 10.0 Å². The van der Waals surface area contributed by atoms with Gasteiger partial charge in [0, 0.05) is 20.1 Å². The average Bonchev–Trinajstić information content (AvgIpc) is 2.16. The van der Waals surface area contributed by atoms with Crippen LogP contribution >= 0.6 is 0 Å². The van der Waals surface area contributed by atoms with Crippen LogP contribution in [-0.2, 0) is 10.0 Å². The summed E-state index contributed by atoms with van der Waals surface area (Å²) in [6.45, 7) is 1.03. The molecule has 0 spiro atoms. The van der Waals surface area contributed by atoms with E-state index in [9.17, 15) is 8.42 Å². The van der Waals surface area contributed by atoms with Crippen LogP contribution in [0.3, 0.4) is 0 Å². The smallest absolute Gasteiger partial charge is 0.213 e. The third-order valence-corrected chi connectivity index (χ3v) is 4.56. The van der Waals surface area contributed by atoms with Crippen molar-refractivity contribution < 1.29 is 8.42 Å². The van der Waals surface area contributed by atoms with Gasteiger partial charge in [-0.1, -0.05) is 6.42 Å². The van der Waals surface area contributed by atoms with Gasteiger partial charge >= 0.3 is 0 Å². The molecule has 1 atom stereocenters. The monoisotopic (exact) mass is 220 g/mol. The van der Waals surface area contributed by atoms with Crippen LogP contribution in [0.5, 0.6) is 0 Å². The van der Waals surface area contributed by atoms with Gasteiger partial charge in [-0.3, -0.25) is 0 Å². The van der Waals surface area contributed by atoms with Gasteiger partial charge in [0.05, 0.1) is 5.75 Å². The number of rotatable bonds is 4. The third kappa shape index (κ3) is 3.55. The maximum absolute atomic E-state index is 11.5. The first-order chi connectivity index (χ1) is 6.52. The summed E-state index contributed by atoms with van der Waals surface area (Å²) in [4.78, 5) is 0. The molecule has 4 nitrogen and oxygen atoms in total. The molecule has 14 heavy (non-hydrogen) atoms. The van der Waals surface area contributed by atoms with Crippen LogP contribution in [0, 0.1) is 0 Å². The van der Waals surface area contributed by atoms with E-state index < -0.39 is 10.0 Å². The predicted molar refractivity (Wildman–Crippen MR) is 57.7 cm³/mol. The van der Waals surface area contributed by atoms with E-state index in [2.05, 4.69) is 5.32 Å². The van der Waals surface area contributed by atoms with Crippen LogP contribution in [0.15, 0.2) is 0 Å².